The fraction of sp³-hybridized carbons (Fsp3) is 0. The summed E-state index contributed by atoms with van der Waals surface area (Å²) >= 11 is 0. The number of nitrogen functional groups attached to an aromatic ring is 4. The molecule has 0 saturated carbocycles. The summed E-state index contributed by atoms with van der Waals surface area (Å²) in [5.41, 5.74) is 26.7. The molecule has 0 unspecified atom stereocenters. The van der Waals surface area contributed by atoms with E-state index in [1.54, 1.807) is 6.07 Å². The first-order valence-corrected chi connectivity index (χ1v) is 4.89. The van der Waals surface area contributed by atoms with E-state index in [0.29, 0.717) is 22.7 Å². The molecular formula is C12H14N4. The Hall–Kier alpha value is -2.36. The largest absolute Gasteiger partial charge is 0.398 e. The van der Waals surface area contributed by atoms with E-state index in [1.165, 1.54) is 0 Å². The second-order valence-electron chi connectivity index (χ2n) is 3.62. The Balaban J connectivity index is 2.71. The third-order valence-corrected chi connectivity index (χ3v) is 2.53. The van der Waals surface area contributed by atoms with E-state index >= 15 is 0 Å². The first-order chi connectivity index (χ1) is 7.61. The van der Waals surface area contributed by atoms with Crippen molar-refractivity contribution in [1.29, 1.82) is 0 Å². The molecule has 0 radical (unpaired) electrons. The van der Waals surface area contributed by atoms with Crippen LogP contribution >= 0.6 is 0 Å². The normalized spacial score (nSPS) is 10.2. The highest BCUT2D eigenvalue weighted by molar-refractivity contribution is 5.97. The number of nitrogens with two attached hydrogens (primary N) is 4. The molecule has 4 heteroatoms. The fourth-order valence-corrected chi connectivity index (χ4v) is 1.69. The van der Waals surface area contributed by atoms with E-state index < -0.39 is 0 Å². The summed E-state index contributed by atoms with van der Waals surface area (Å²) in [7, 11) is 0. The summed E-state index contributed by atoms with van der Waals surface area (Å²) in [6.45, 7) is 0. The minimum Gasteiger partial charge on any atom is -0.398 e. The minimum atomic E-state index is 0.382. The van der Waals surface area contributed by atoms with Gasteiger partial charge in [-0.15, -0.1) is 0 Å². The summed E-state index contributed by atoms with van der Waals surface area (Å²) in [5, 5.41) is 0. The van der Waals surface area contributed by atoms with E-state index in [9.17, 15) is 0 Å². The second-order valence-corrected chi connectivity index (χ2v) is 3.62. The van der Waals surface area contributed by atoms with Crippen molar-refractivity contribution in [2.24, 2.45) is 0 Å². The predicted octanol–water partition coefficient (Wildman–Crippen LogP) is 1.68. The lowest BCUT2D eigenvalue weighted by atomic mass is 10.00. The van der Waals surface area contributed by atoms with Gasteiger partial charge in [0.15, 0.2) is 0 Å². The van der Waals surface area contributed by atoms with Gasteiger partial charge in [-0.1, -0.05) is 30.3 Å². The van der Waals surface area contributed by atoms with Gasteiger partial charge in [-0.05, 0) is 11.6 Å². The molecule has 0 aliphatic heterocycles. The molecule has 0 atom stereocenters. The van der Waals surface area contributed by atoms with Gasteiger partial charge in [0.25, 0.3) is 0 Å². The molecule has 0 aliphatic rings. The summed E-state index contributed by atoms with van der Waals surface area (Å²) in [6.07, 6.45) is 0. The summed E-state index contributed by atoms with van der Waals surface area (Å²) in [4.78, 5) is 0. The number of anilines is 4. The SMILES string of the molecule is Nc1cc(N)c(-c2ccccc2)c(N)c1N. The first kappa shape index (κ1) is 10.2. The van der Waals surface area contributed by atoms with Gasteiger partial charge in [-0.3, -0.25) is 0 Å². The molecule has 0 heterocycles. The van der Waals surface area contributed by atoms with Crippen molar-refractivity contribution < 1.29 is 0 Å². The van der Waals surface area contributed by atoms with Crippen LogP contribution < -0.4 is 22.9 Å². The zero-order valence-corrected chi connectivity index (χ0v) is 8.77. The molecule has 2 aromatic rings. The average Bonchev–Trinajstić information content (AvgIpc) is 2.28. The van der Waals surface area contributed by atoms with Crippen LogP contribution in [0.2, 0.25) is 0 Å². The summed E-state index contributed by atoms with van der Waals surface area (Å²) in [6, 6.07) is 11.3. The van der Waals surface area contributed by atoms with Crippen molar-refractivity contribution in [2.75, 3.05) is 22.9 Å². The fourth-order valence-electron chi connectivity index (χ4n) is 1.69. The van der Waals surface area contributed by atoms with E-state index in [1.807, 2.05) is 30.3 Å². The van der Waals surface area contributed by atoms with Crippen LogP contribution in [0.3, 0.4) is 0 Å². The van der Waals surface area contributed by atoms with Gasteiger partial charge < -0.3 is 22.9 Å². The van der Waals surface area contributed by atoms with Crippen LogP contribution in [0, 0.1) is 0 Å². The predicted molar refractivity (Wildman–Crippen MR) is 69.5 cm³/mol. The van der Waals surface area contributed by atoms with Crippen molar-refractivity contribution in [1.82, 2.24) is 0 Å². The maximum atomic E-state index is 5.93. The van der Waals surface area contributed by atoms with Gasteiger partial charge in [-0.25, -0.2) is 0 Å². The van der Waals surface area contributed by atoms with Gasteiger partial charge in [0.2, 0.25) is 0 Å². The molecule has 82 valence electrons. The quantitative estimate of drug-likeness (QED) is 0.542. The molecule has 4 nitrogen and oxygen atoms in total. The second kappa shape index (κ2) is 3.66. The molecule has 0 bridgehead atoms. The topological polar surface area (TPSA) is 104 Å². The van der Waals surface area contributed by atoms with E-state index in [2.05, 4.69) is 0 Å². The van der Waals surface area contributed by atoms with Crippen LogP contribution in [-0.2, 0) is 0 Å². The highest BCUT2D eigenvalue weighted by Crippen LogP contribution is 2.38. The summed E-state index contributed by atoms with van der Waals surface area (Å²) < 4.78 is 0. The van der Waals surface area contributed by atoms with Crippen LogP contribution in [0.25, 0.3) is 11.1 Å². The molecule has 2 aromatic carbocycles. The third-order valence-electron chi connectivity index (χ3n) is 2.53. The molecule has 8 N–H and O–H groups in total. The van der Waals surface area contributed by atoms with Gasteiger partial charge in [0.1, 0.15) is 0 Å². The van der Waals surface area contributed by atoms with Crippen LogP contribution in [0.5, 0.6) is 0 Å². The molecule has 0 spiro atoms. The molecular weight excluding hydrogens is 200 g/mol. The highest BCUT2D eigenvalue weighted by Gasteiger charge is 2.12. The third kappa shape index (κ3) is 1.50. The molecule has 0 fully saturated rings. The zero-order chi connectivity index (χ0) is 11.7. The Labute approximate surface area is 93.8 Å². The number of hydrogen-bond acceptors (Lipinski definition) is 4. The van der Waals surface area contributed by atoms with Crippen LogP contribution in [-0.4, -0.2) is 0 Å². The Kier molecular flexibility index (Phi) is 2.32. The molecule has 16 heavy (non-hydrogen) atoms. The average molecular weight is 214 g/mol. The monoisotopic (exact) mass is 214 g/mol. The van der Waals surface area contributed by atoms with Crippen molar-refractivity contribution in [3.05, 3.63) is 36.4 Å². The standard InChI is InChI=1S/C12H14N4/c13-8-6-9(14)11(15)12(16)10(8)7-4-2-1-3-5-7/h1-6H,13-16H2. The maximum absolute atomic E-state index is 5.93. The van der Waals surface area contributed by atoms with E-state index in [-0.39, 0.29) is 0 Å². The highest BCUT2D eigenvalue weighted by atomic mass is 14.8. The van der Waals surface area contributed by atoms with Crippen LogP contribution in [0.1, 0.15) is 0 Å². The molecule has 2 rings (SSSR count). The van der Waals surface area contributed by atoms with Crippen molar-refractivity contribution in [3.8, 4) is 11.1 Å². The zero-order valence-electron chi connectivity index (χ0n) is 8.77. The number of rotatable bonds is 1. The molecule has 0 amide bonds. The molecule has 0 aliphatic carbocycles. The van der Waals surface area contributed by atoms with E-state index in [0.717, 1.165) is 11.1 Å². The van der Waals surface area contributed by atoms with Crippen molar-refractivity contribution in [2.45, 2.75) is 0 Å². The first-order valence-electron chi connectivity index (χ1n) is 4.89. The Morgan fingerprint density at radius 3 is 1.94 bits per heavy atom. The molecule has 0 saturated heterocycles. The summed E-state index contributed by atoms with van der Waals surface area (Å²) in [5.74, 6) is 0. The lowest BCUT2D eigenvalue weighted by Gasteiger charge is -2.13. The Bertz CT molecular complexity index is 520. The van der Waals surface area contributed by atoms with Gasteiger partial charge >= 0.3 is 0 Å². The Morgan fingerprint density at radius 1 is 0.688 bits per heavy atom. The smallest absolute Gasteiger partial charge is 0.0789 e. The molecule has 0 aromatic heterocycles. The van der Waals surface area contributed by atoms with Crippen molar-refractivity contribution in [3.63, 3.8) is 0 Å². The van der Waals surface area contributed by atoms with Gasteiger partial charge in [-0.2, -0.15) is 0 Å². The van der Waals surface area contributed by atoms with Crippen LogP contribution in [0.4, 0.5) is 22.7 Å². The van der Waals surface area contributed by atoms with Gasteiger partial charge in [0.05, 0.1) is 17.1 Å². The number of hydrogen-bond donors (Lipinski definition) is 4. The minimum absolute atomic E-state index is 0.382. The maximum Gasteiger partial charge on any atom is 0.0789 e. The van der Waals surface area contributed by atoms with Gasteiger partial charge in [0, 0.05) is 11.3 Å². The number of benzene rings is 2. The van der Waals surface area contributed by atoms with E-state index in [4.69, 9.17) is 22.9 Å². The van der Waals surface area contributed by atoms with Crippen molar-refractivity contribution >= 4 is 22.7 Å². The lowest BCUT2D eigenvalue weighted by molar-refractivity contribution is 1.59. The van der Waals surface area contributed by atoms with Crippen LogP contribution in [0.15, 0.2) is 36.4 Å². The Morgan fingerprint density at radius 2 is 1.31 bits per heavy atom. The lowest BCUT2D eigenvalue weighted by Crippen LogP contribution is -2.04.